The SMILES string of the molecule is CNCCc1cnc(-c2ccc(C)s2)o1. The third kappa shape index (κ3) is 2.46. The van der Waals surface area contributed by atoms with Crippen LogP contribution in [0.25, 0.3) is 10.8 Å². The summed E-state index contributed by atoms with van der Waals surface area (Å²) >= 11 is 1.71. The van der Waals surface area contributed by atoms with Crippen molar-refractivity contribution in [2.45, 2.75) is 13.3 Å². The van der Waals surface area contributed by atoms with Crippen molar-refractivity contribution in [3.63, 3.8) is 0 Å². The summed E-state index contributed by atoms with van der Waals surface area (Å²) in [5.74, 6) is 1.67. The van der Waals surface area contributed by atoms with Crippen molar-refractivity contribution < 1.29 is 4.42 Å². The smallest absolute Gasteiger partial charge is 0.236 e. The van der Waals surface area contributed by atoms with Crippen molar-refractivity contribution in [1.29, 1.82) is 0 Å². The lowest BCUT2D eigenvalue weighted by Gasteiger charge is -1.93. The number of aromatic nitrogens is 1. The first-order valence-electron chi connectivity index (χ1n) is 4.95. The molecule has 80 valence electrons. The number of hydrogen-bond acceptors (Lipinski definition) is 4. The summed E-state index contributed by atoms with van der Waals surface area (Å²) in [6.45, 7) is 3.00. The predicted molar refractivity (Wildman–Crippen MR) is 62.2 cm³/mol. The third-order valence-electron chi connectivity index (χ3n) is 2.13. The maximum absolute atomic E-state index is 5.64. The first-order valence-corrected chi connectivity index (χ1v) is 5.77. The van der Waals surface area contributed by atoms with Crippen molar-refractivity contribution in [3.05, 3.63) is 29.0 Å². The molecule has 0 saturated heterocycles. The van der Waals surface area contributed by atoms with E-state index < -0.39 is 0 Å². The molecule has 0 atom stereocenters. The Bertz CT molecular complexity index is 433. The van der Waals surface area contributed by atoms with Gasteiger partial charge in [-0.25, -0.2) is 4.98 Å². The standard InChI is InChI=1S/C11H14N2OS/c1-8-3-4-10(15-8)11-13-7-9(14-11)5-6-12-2/h3-4,7,12H,5-6H2,1-2H3. The monoisotopic (exact) mass is 222 g/mol. The average Bonchev–Trinajstić information content (AvgIpc) is 2.83. The number of aryl methyl sites for hydroxylation is 1. The van der Waals surface area contributed by atoms with E-state index in [9.17, 15) is 0 Å². The van der Waals surface area contributed by atoms with Gasteiger partial charge in [0.25, 0.3) is 0 Å². The number of likely N-dealkylation sites (N-methyl/N-ethyl adjacent to an activating group) is 1. The second-order valence-corrected chi connectivity index (χ2v) is 4.68. The van der Waals surface area contributed by atoms with Gasteiger partial charge in [0.2, 0.25) is 5.89 Å². The van der Waals surface area contributed by atoms with Gasteiger partial charge < -0.3 is 9.73 Å². The molecule has 0 saturated carbocycles. The number of rotatable bonds is 4. The molecule has 2 aromatic heterocycles. The van der Waals surface area contributed by atoms with Crippen LogP contribution in [0.1, 0.15) is 10.6 Å². The van der Waals surface area contributed by atoms with Crippen LogP contribution >= 0.6 is 11.3 Å². The summed E-state index contributed by atoms with van der Waals surface area (Å²) in [7, 11) is 1.93. The first-order chi connectivity index (χ1) is 7.29. The molecule has 0 bridgehead atoms. The van der Waals surface area contributed by atoms with E-state index in [0.29, 0.717) is 0 Å². The van der Waals surface area contributed by atoms with E-state index in [2.05, 4.69) is 23.3 Å². The van der Waals surface area contributed by atoms with Gasteiger partial charge in [0.15, 0.2) is 0 Å². The minimum atomic E-state index is 0.735. The van der Waals surface area contributed by atoms with Gasteiger partial charge >= 0.3 is 0 Å². The van der Waals surface area contributed by atoms with Gasteiger partial charge in [0.1, 0.15) is 5.76 Å². The Morgan fingerprint density at radius 3 is 3.00 bits per heavy atom. The van der Waals surface area contributed by atoms with E-state index in [1.165, 1.54) is 4.88 Å². The summed E-state index contributed by atoms with van der Waals surface area (Å²) in [5.41, 5.74) is 0. The molecular weight excluding hydrogens is 208 g/mol. The van der Waals surface area contributed by atoms with Crippen LogP contribution in [0.15, 0.2) is 22.7 Å². The molecule has 0 radical (unpaired) electrons. The van der Waals surface area contributed by atoms with Crippen LogP contribution in [0.2, 0.25) is 0 Å². The lowest BCUT2D eigenvalue weighted by molar-refractivity contribution is 0.513. The van der Waals surface area contributed by atoms with Crippen molar-refractivity contribution in [1.82, 2.24) is 10.3 Å². The molecule has 0 amide bonds. The Balaban J connectivity index is 2.13. The van der Waals surface area contributed by atoms with E-state index in [0.717, 1.165) is 29.5 Å². The molecule has 2 rings (SSSR count). The Kier molecular flexibility index (Phi) is 3.18. The van der Waals surface area contributed by atoms with E-state index in [1.54, 1.807) is 11.3 Å². The second kappa shape index (κ2) is 4.59. The summed E-state index contributed by atoms with van der Waals surface area (Å²) in [6, 6.07) is 4.13. The quantitative estimate of drug-likeness (QED) is 0.863. The van der Waals surface area contributed by atoms with Crippen LogP contribution in [0.3, 0.4) is 0 Å². The fourth-order valence-electron chi connectivity index (χ4n) is 1.33. The number of nitrogens with zero attached hydrogens (tertiary/aromatic N) is 1. The first kappa shape index (κ1) is 10.4. The molecule has 0 aromatic carbocycles. The molecule has 4 heteroatoms. The zero-order chi connectivity index (χ0) is 10.7. The number of hydrogen-bond donors (Lipinski definition) is 1. The zero-order valence-corrected chi connectivity index (χ0v) is 9.73. The van der Waals surface area contributed by atoms with Crippen LogP contribution in [0, 0.1) is 6.92 Å². The Hall–Kier alpha value is -1.13. The molecule has 3 nitrogen and oxygen atoms in total. The molecule has 0 unspecified atom stereocenters. The van der Waals surface area contributed by atoms with Crippen LogP contribution in [0.4, 0.5) is 0 Å². The van der Waals surface area contributed by atoms with Crippen molar-refractivity contribution >= 4 is 11.3 Å². The summed E-state index contributed by atoms with van der Waals surface area (Å²) in [4.78, 5) is 6.65. The lowest BCUT2D eigenvalue weighted by atomic mass is 10.3. The van der Waals surface area contributed by atoms with E-state index in [1.807, 2.05) is 19.3 Å². The molecule has 0 spiro atoms. The van der Waals surface area contributed by atoms with Crippen LogP contribution < -0.4 is 5.32 Å². The second-order valence-electron chi connectivity index (χ2n) is 3.40. The van der Waals surface area contributed by atoms with Crippen molar-refractivity contribution in [3.8, 4) is 10.8 Å². The summed E-state index contributed by atoms with van der Waals surface area (Å²) in [6.07, 6.45) is 2.69. The van der Waals surface area contributed by atoms with Gasteiger partial charge in [-0.05, 0) is 26.1 Å². The highest BCUT2D eigenvalue weighted by Gasteiger charge is 2.07. The van der Waals surface area contributed by atoms with Crippen LogP contribution in [-0.2, 0) is 6.42 Å². The van der Waals surface area contributed by atoms with Crippen molar-refractivity contribution in [2.24, 2.45) is 0 Å². The van der Waals surface area contributed by atoms with Gasteiger partial charge in [-0.15, -0.1) is 11.3 Å². The van der Waals surface area contributed by atoms with Gasteiger partial charge in [0, 0.05) is 17.8 Å². The lowest BCUT2D eigenvalue weighted by Crippen LogP contribution is -2.09. The number of oxazole rings is 1. The van der Waals surface area contributed by atoms with E-state index >= 15 is 0 Å². The van der Waals surface area contributed by atoms with Gasteiger partial charge in [-0.1, -0.05) is 0 Å². The van der Waals surface area contributed by atoms with E-state index in [-0.39, 0.29) is 0 Å². The highest BCUT2D eigenvalue weighted by atomic mass is 32.1. The maximum Gasteiger partial charge on any atom is 0.236 e. The maximum atomic E-state index is 5.64. The van der Waals surface area contributed by atoms with Crippen LogP contribution in [0.5, 0.6) is 0 Å². The van der Waals surface area contributed by atoms with E-state index in [4.69, 9.17) is 4.42 Å². The minimum Gasteiger partial charge on any atom is -0.440 e. The molecule has 1 N–H and O–H groups in total. The Labute approximate surface area is 93.2 Å². The number of nitrogens with one attached hydrogen (secondary N) is 1. The normalized spacial score (nSPS) is 10.8. The summed E-state index contributed by atoms with van der Waals surface area (Å²) < 4.78 is 5.64. The van der Waals surface area contributed by atoms with Gasteiger partial charge in [-0.3, -0.25) is 0 Å². The third-order valence-corrected chi connectivity index (χ3v) is 3.11. The van der Waals surface area contributed by atoms with Crippen molar-refractivity contribution in [2.75, 3.05) is 13.6 Å². The largest absolute Gasteiger partial charge is 0.440 e. The molecule has 0 aliphatic heterocycles. The summed E-state index contributed by atoms with van der Waals surface area (Å²) in [5, 5.41) is 3.08. The van der Waals surface area contributed by atoms with Crippen LogP contribution in [-0.4, -0.2) is 18.6 Å². The minimum absolute atomic E-state index is 0.735. The molecule has 0 fully saturated rings. The molecule has 2 heterocycles. The number of thiophene rings is 1. The fraction of sp³-hybridized carbons (Fsp3) is 0.364. The molecule has 15 heavy (non-hydrogen) atoms. The molecule has 2 aromatic rings. The Morgan fingerprint density at radius 2 is 2.33 bits per heavy atom. The topological polar surface area (TPSA) is 38.1 Å². The highest BCUT2D eigenvalue weighted by Crippen LogP contribution is 2.27. The highest BCUT2D eigenvalue weighted by molar-refractivity contribution is 7.15. The zero-order valence-electron chi connectivity index (χ0n) is 8.91. The fourth-order valence-corrected chi connectivity index (χ4v) is 2.14. The average molecular weight is 222 g/mol. The predicted octanol–water partition coefficient (Wildman–Crippen LogP) is 2.47. The van der Waals surface area contributed by atoms with Gasteiger partial charge in [-0.2, -0.15) is 0 Å². The van der Waals surface area contributed by atoms with Gasteiger partial charge in [0.05, 0.1) is 11.1 Å². The Morgan fingerprint density at radius 1 is 1.47 bits per heavy atom. The molecule has 0 aliphatic rings. The molecule has 0 aliphatic carbocycles. The molecular formula is C11H14N2OS.